The van der Waals surface area contributed by atoms with Crippen LogP contribution in [0.3, 0.4) is 0 Å². The Morgan fingerprint density at radius 3 is 1.98 bits per heavy atom. The van der Waals surface area contributed by atoms with Crippen LogP contribution >= 0.6 is 0 Å². The van der Waals surface area contributed by atoms with E-state index < -0.39 is 0 Å². The lowest BCUT2D eigenvalue weighted by molar-refractivity contribution is -0.133. The molecule has 220 valence electrons. The number of carbonyl (C=O) groups is 1. The molecule has 3 aromatic carbocycles. The standard InChI is InChI=1S/C36H38N4O3/c1-26-14-15-40-33(25-37-34(40)20-26)32(29-21-30(42-2)23-31(22-29)43-3)24-35(41)38-16-18-39(19-17-38)36(27-10-6-4-7-11-27)28-12-8-5-9-13-28/h4-15,20-23,25,32,36H,16-19,24H2,1-3H3. The maximum atomic E-state index is 14.0. The van der Waals surface area contributed by atoms with Crippen molar-refractivity contribution in [2.45, 2.75) is 25.3 Å². The van der Waals surface area contributed by atoms with E-state index in [2.05, 4.69) is 94.0 Å². The highest BCUT2D eigenvalue weighted by molar-refractivity contribution is 5.78. The fourth-order valence-electron chi connectivity index (χ4n) is 6.20. The summed E-state index contributed by atoms with van der Waals surface area (Å²) in [5.41, 5.74) is 6.46. The average Bonchev–Trinajstić information content (AvgIpc) is 3.47. The summed E-state index contributed by atoms with van der Waals surface area (Å²) in [5, 5.41) is 0. The molecule has 0 bridgehead atoms. The molecule has 1 saturated heterocycles. The Hall–Kier alpha value is -4.62. The van der Waals surface area contributed by atoms with E-state index in [1.54, 1.807) is 14.2 Å². The molecule has 0 N–H and O–H groups in total. The molecule has 1 atom stereocenters. The number of ether oxygens (including phenoxy) is 2. The number of aryl methyl sites for hydroxylation is 1. The summed E-state index contributed by atoms with van der Waals surface area (Å²) in [6, 6.07) is 31.4. The minimum atomic E-state index is -0.228. The first-order valence-electron chi connectivity index (χ1n) is 14.8. The van der Waals surface area contributed by atoms with Crippen LogP contribution in [0.4, 0.5) is 0 Å². The molecule has 43 heavy (non-hydrogen) atoms. The quantitative estimate of drug-likeness (QED) is 0.212. The van der Waals surface area contributed by atoms with Crippen LogP contribution in [0.5, 0.6) is 11.5 Å². The van der Waals surface area contributed by atoms with E-state index in [9.17, 15) is 4.79 Å². The molecule has 1 aliphatic rings. The highest BCUT2D eigenvalue weighted by Crippen LogP contribution is 2.35. The van der Waals surface area contributed by atoms with E-state index in [4.69, 9.17) is 9.47 Å². The van der Waals surface area contributed by atoms with Gasteiger partial charge in [0.25, 0.3) is 0 Å². The number of aromatic nitrogens is 2. The fraction of sp³-hybridized carbons (Fsp3) is 0.278. The van der Waals surface area contributed by atoms with E-state index in [0.29, 0.717) is 31.0 Å². The number of rotatable bonds is 9. The molecule has 7 nitrogen and oxygen atoms in total. The van der Waals surface area contributed by atoms with Gasteiger partial charge in [-0.05, 0) is 53.4 Å². The Balaban J connectivity index is 1.25. The third-order valence-electron chi connectivity index (χ3n) is 8.47. The Morgan fingerprint density at radius 2 is 1.40 bits per heavy atom. The van der Waals surface area contributed by atoms with Gasteiger partial charge in [-0.15, -0.1) is 0 Å². The number of benzene rings is 3. The molecule has 0 aliphatic carbocycles. The maximum absolute atomic E-state index is 14.0. The molecule has 2 aromatic heterocycles. The number of nitrogens with zero attached hydrogens (tertiary/aromatic N) is 4. The van der Waals surface area contributed by atoms with Crippen molar-refractivity contribution >= 4 is 11.6 Å². The minimum Gasteiger partial charge on any atom is -0.497 e. The maximum Gasteiger partial charge on any atom is 0.223 e. The van der Waals surface area contributed by atoms with Crippen LogP contribution in [0.1, 0.15) is 46.3 Å². The lowest BCUT2D eigenvalue weighted by Gasteiger charge is -2.40. The van der Waals surface area contributed by atoms with Crippen LogP contribution in [0.15, 0.2) is 103 Å². The van der Waals surface area contributed by atoms with Crippen LogP contribution in [-0.4, -0.2) is 65.5 Å². The van der Waals surface area contributed by atoms with Gasteiger partial charge in [-0.1, -0.05) is 60.7 Å². The highest BCUT2D eigenvalue weighted by Gasteiger charge is 2.31. The zero-order chi connectivity index (χ0) is 29.8. The topological polar surface area (TPSA) is 59.3 Å². The number of pyridine rings is 1. The number of methoxy groups -OCH3 is 2. The van der Waals surface area contributed by atoms with E-state index in [1.165, 1.54) is 11.1 Å². The SMILES string of the molecule is COc1cc(OC)cc(C(CC(=O)N2CCN(C(c3ccccc3)c3ccccc3)CC2)c2cnc3cc(C)ccn23)c1. The van der Waals surface area contributed by atoms with Gasteiger partial charge < -0.3 is 18.8 Å². The third kappa shape index (κ3) is 6.13. The summed E-state index contributed by atoms with van der Waals surface area (Å²) in [7, 11) is 3.29. The zero-order valence-corrected chi connectivity index (χ0v) is 25.0. The van der Waals surface area contributed by atoms with Crippen molar-refractivity contribution in [1.82, 2.24) is 19.2 Å². The Kier molecular flexibility index (Phi) is 8.43. The van der Waals surface area contributed by atoms with Crippen molar-refractivity contribution in [1.29, 1.82) is 0 Å². The van der Waals surface area contributed by atoms with Crippen molar-refractivity contribution in [2.75, 3.05) is 40.4 Å². The first-order valence-corrected chi connectivity index (χ1v) is 14.8. The van der Waals surface area contributed by atoms with Crippen LogP contribution in [0, 0.1) is 6.92 Å². The zero-order valence-electron chi connectivity index (χ0n) is 25.0. The summed E-state index contributed by atoms with van der Waals surface area (Å²) in [4.78, 5) is 23.2. The number of fused-ring (bicyclic) bond motifs is 1. The van der Waals surface area contributed by atoms with Gasteiger partial charge in [-0.3, -0.25) is 9.69 Å². The normalized spacial score (nSPS) is 14.7. The molecular formula is C36H38N4O3. The monoisotopic (exact) mass is 574 g/mol. The second-order valence-electron chi connectivity index (χ2n) is 11.2. The van der Waals surface area contributed by atoms with Gasteiger partial charge in [0.15, 0.2) is 0 Å². The van der Waals surface area contributed by atoms with Crippen molar-refractivity contribution < 1.29 is 14.3 Å². The molecule has 6 rings (SSSR count). The van der Waals surface area contributed by atoms with Crippen molar-refractivity contribution in [2.24, 2.45) is 0 Å². The Labute approximate surface area is 253 Å². The van der Waals surface area contributed by atoms with Crippen molar-refractivity contribution in [3.8, 4) is 11.5 Å². The third-order valence-corrected chi connectivity index (χ3v) is 8.47. The van der Waals surface area contributed by atoms with Gasteiger partial charge in [0.2, 0.25) is 5.91 Å². The molecule has 0 saturated carbocycles. The van der Waals surface area contributed by atoms with Crippen LogP contribution < -0.4 is 9.47 Å². The van der Waals surface area contributed by atoms with Gasteiger partial charge >= 0.3 is 0 Å². The Bertz CT molecular complexity index is 1620. The summed E-state index contributed by atoms with van der Waals surface area (Å²) in [6.07, 6.45) is 4.24. The molecule has 3 heterocycles. The molecule has 7 heteroatoms. The predicted molar refractivity (Wildman–Crippen MR) is 169 cm³/mol. The van der Waals surface area contributed by atoms with E-state index in [1.807, 2.05) is 35.5 Å². The van der Waals surface area contributed by atoms with Gasteiger partial charge in [-0.2, -0.15) is 0 Å². The smallest absolute Gasteiger partial charge is 0.223 e. The number of hydrogen-bond acceptors (Lipinski definition) is 5. The second kappa shape index (κ2) is 12.7. The largest absolute Gasteiger partial charge is 0.497 e. The number of imidazole rings is 1. The Morgan fingerprint density at radius 1 is 0.791 bits per heavy atom. The van der Waals surface area contributed by atoms with E-state index in [-0.39, 0.29) is 17.9 Å². The van der Waals surface area contributed by atoms with Crippen molar-refractivity contribution in [3.05, 3.63) is 131 Å². The summed E-state index contributed by atoms with van der Waals surface area (Å²) < 4.78 is 13.3. The molecule has 1 unspecified atom stereocenters. The molecule has 1 aliphatic heterocycles. The first kappa shape index (κ1) is 28.5. The molecular weight excluding hydrogens is 536 g/mol. The van der Waals surface area contributed by atoms with E-state index in [0.717, 1.165) is 35.6 Å². The van der Waals surface area contributed by atoms with Gasteiger partial charge in [0.05, 0.1) is 26.0 Å². The minimum absolute atomic E-state index is 0.129. The highest BCUT2D eigenvalue weighted by atomic mass is 16.5. The fourth-order valence-corrected chi connectivity index (χ4v) is 6.20. The first-order chi connectivity index (χ1) is 21.0. The van der Waals surface area contributed by atoms with Gasteiger partial charge in [0.1, 0.15) is 17.1 Å². The van der Waals surface area contributed by atoms with Gasteiger partial charge in [0, 0.05) is 57.0 Å². The summed E-state index contributed by atoms with van der Waals surface area (Å²) in [6.45, 7) is 5.01. The summed E-state index contributed by atoms with van der Waals surface area (Å²) in [5.74, 6) is 1.29. The van der Waals surface area contributed by atoms with Crippen molar-refractivity contribution in [3.63, 3.8) is 0 Å². The van der Waals surface area contributed by atoms with Gasteiger partial charge in [-0.25, -0.2) is 4.98 Å². The lowest BCUT2D eigenvalue weighted by Crippen LogP contribution is -2.50. The average molecular weight is 575 g/mol. The molecule has 1 amide bonds. The lowest BCUT2D eigenvalue weighted by atomic mass is 9.91. The molecule has 1 fully saturated rings. The van der Waals surface area contributed by atoms with Crippen LogP contribution in [0.25, 0.3) is 5.65 Å². The number of carbonyl (C=O) groups excluding carboxylic acids is 1. The molecule has 0 radical (unpaired) electrons. The molecule has 5 aromatic rings. The predicted octanol–water partition coefficient (Wildman–Crippen LogP) is 6.12. The number of hydrogen-bond donors (Lipinski definition) is 0. The number of amides is 1. The van der Waals surface area contributed by atoms with Crippen LogP contribution in [0.2, 0.25) is 0 Å². The summed E-state index contributed by atoms with van der Waals surface area (Å²) >= 11 is 0. The number of piperazine rings is 1. The molecule has 0 spiro atoms. The second-order valence-corrected chi connectivity index (χ2v) is 11.2. The van der Waals surface area contributed by atoms with E-state index >= 15 is 0 Å². The van der Waals surface area contributed by atoms with Crippen LogP contribution in [-0.2, 0) is 4.79 Å².